The molecule has 1 spiro atoms. The molecule has 0 amide bonds. The third kappa shape index (κ3) is 4.93. The minimum atomic E-state index is -0.106. The molecule has 0 aliphatic carbocycles. The summed E-state index contributed by atoms with van der Waals surface area (Å²) in [5.41, 5.74) is 3.64. The summed E-state index contributed by atoms with van der Waals surface area (Å²) in [4.78, 5) is 14.1. The molecule has 0 radical (unpaired) electrons. The van der Waals surface area contributed by atoms with Gasteiger partial charge in [0.1, 0.15) is 11.4 Å². The molecule has 0 bridgehead atoms. The predicted molar refractivity (Wildman–Crippen MR) is 118 cm³/mol. The smallest absolute Gasteiger partial charge is 0.187 e. The third-order valence-corrected chi connectivity index (χ3v) is 6.78. The topological polar surface area (TPSA) is 41.5 Å². The van der Waals surface area contributed by atoms with Crippen LogP contribution in [0.1, 0.15) is 43.4 Å². The molecule has 1 fully saturated rings. The molecule has 2 aliphatic rings. The van der Waals surface area contributed by atoms with Crippen LogP contribution in [0.2, 0.25) is 0 Å². The molecule has 0 atom stereocenters. The summed E-state index contributed by atoms with van der Waals surface area (Å²) in [6.07, 6.45) is 6.13. The molecule has 3 heterocycles. The van der Waals surface area contributed by atoms with Gasteiger partial charge < -0.3 is 9.64 Å². The number of rotatable bonds is 5. The van der Waals surface area contributed by atoms with E-state index in [-0.39, 0.29) is 5.60 Å². The number of nitrogens with zero attached hydrogens (tertiary/aromatic N) is 4. The van der Waals surface area contributed by atoms with Crippen LogP contribution in [-0.4, -0.2) is 57.3 Å². The maximum absolute atomic E-state index is 6.75. The molecule has 156 valence electrons. The van der Waals surface area contributed by atoms with Crippen LogP contribution in [0.4, 0.5) is 0 Å². The Balaban J connectivity index is 1.57. The van der Waals surface area contributed by atoms with Gasteiger partial charge in [-0.05, 0) is 25.3 Å². The number of benzene rings is 1. The number of aromatic nitrogens is 2. The minimum absolute atomic E-state index is 0.106. The van der Waals surface area contributed by atoms with E-state index in [1.807, 2.05) is 12.4 Å². The molecule has 0 unspecified atom stereocenters. The Morgan fingerprint density at radius 2 is 1.86 bits per heavy atom. The standard InChI is InChI=1S/C23H32N4OS/c1-4-26-10-8-23(9-11-26)17-27(15-19-13-24-22(25-14-19)29-5-2)16-20-12-18(3)6-7-21(20)28-23/h6-7,12-14H,4-5,8-11,15-17H2,1-3H3. The molecule has 0 N–H and O–H groups in total. The third-order valence-electron chi connectivity index (χ3n) is 6.02. The van der Waals surface area contributed by atoms with Crippen LogP contribution < -0.4 is 4.74 Å². The Morgan fingerprint density at radius 1 is 1.10 bits per heavy atom. The van der Waals surface area contributed by atoms with Gasteiger partial charge in [0.05, 0.1) is 0 Å². The molecule has 2 aromatic rings. The van der Waals surface area contributed by atoms with Crippen molar-refractivity contribution in [1.82, 2.24) is 19.8 Å². The molecule has 1 aromatic carbocycles. The van der Waals surface area contributed by atoms with E-state index < -0.39 is 0 Å². The highest BCUT2D eigenvalue weighted by molar-refractivity contribution is 7.99. The van der Waals surface area contributed by atoms with Crippen molar-refractivity contribution in [3.05, 3.63) is 47.3 Å². The Labute approximate surface area is 178 Å². The van der Waals surface area contributed by atoms with E-state index in [9.17, 15) is 0 Å². The lowest BCUT2D eigenvalue weighted by Gasteiger charge is -2.42. The first-order chi connectivity index (χ1) is 14.1. The second kappa shape index (κ2) is 9.02. The highest BCUT2D eigenvalue weighted by Gasteiger charge is 2.40. The minimum Gasteiger partial charge on any atom is -0.486 e. The monoisotopic (exact) mass is 412 g/mol. The molecule has 1 saturated heterocycles. The van der Waals surface area contributed by atoms with Crippen molar-refractivity contribution in [3.8, 4) is 5.75 Å². The Bertz CT molecular complexity index is 818. The highest BCUT2D eigenvalue weighted by atomic mass is 32.2. The van der Waals surface area contributed by atoms with E-state index in [1.54, 1.807) is 11.8 Å². The predicted octanol–water partition coefficient (Wildman–Crippen LogP) is 4.15. The van der Waals surface area contributed by atoms with Gasteiger partial charge >= 0.3 is 0 Å². The first kappa shape index (κ1) is 20.6. The first-order valence-corrected chi connectivity index (χ1v) is 11.7. The average molecular weight is 413 g/mol. The summed E-state index contributed by atoms with van der Waals surface area (Å²) in [6, 6.07) is 6.61. The van der Waals surface area contributed by atoms with Gasteiger partial charge in [-0.25, -0.2) is 9.97 Å². The van der Waals surface area contributed by atoms with Gasteiger partial charge in [-0.3, -0.25) is 4.90 Å². The van der Waals surface area contributed by atoms with Crippen molar-refractivity contribution in [2.24, 2.45) is 0 Å². The van der Waals surface area contributed by atoms with E-state index >= 15 is 0 Å². The Hall–Kier alpha value is -1.63. The van der Waals surface area contributed by atoms with E-state index in [0.29, 0.717) is 0 Å². The summed E-state index contributed by atoms with van der Waals surface area (Å²) in [7, 11) is 0. The Morgan fingerprint density at radius 3 is 2.55 bits per heavy atom. The lowest BCUT2D eigenvalue weighted by molar-refractivity contribution is -0.0186. The van der Waals surface area contributed by atoms with E-state index in [0.717, 1.165) is 68.8 Å². The number of fused-ring (bicyclic) bond motifs is 1. The lowest BCUT2D eigenvalue weighted by atomic mass is 9.90. The zero-order valence-corrected chi connectivity index (χ0v) is 18.7. The quantitative estimate of drug-likeness (QED) is 0.543. The van der Waals surface area contributed by atoms with Crippen LogP contribution in [0.3, 0.4) is 0 Å². The van der Waals surface area contributed by atoms with Crippen molar-refractivity contribution >= 4 is 11.8 Å². The molecular weight excluding hydrogens is 380 g/mol. The average Bonchev–Trinajstić information content (AvgIpc) is 2.86. The largest absolute Gasteiger partial charge is 0.486 e. The van der Waals surface area contributed by atoms with Gasteiger partial charge in [-0.1, -0.05) is 43.3 Å². The van der Waals surface area contributed by atoms with Crippen LogP contribution in [0.5, 0.6) is 5.75 Å². The van der Waals surface area contributed by atoms with Crippen LogP contribution in [0.25, 0.3) is 0 Å². The second-order valence-corrected chi connectivity index (χ2v) is 9.51. The number of thioether (sulfide) groups is 1. The SMILES string of the molecule is CCSc1ncc(CN2Cc3cc(C)ccc3OC3(CCN(CC)CC3)C2)cn1. The number of hydrogen-bond acceptors (Lipinski definition) is 6. The molecule has 2 aliphatic heterocycles. The number of likely N-dealkylation sites (tertiary alicyclic amines) is 1. The first-order valence-electron chi connectivity index (χ1n) is 10.8. The van der Waals surface area contributed by atoms with Crippen LogP contribution in [0, 0.1) is 6.92 Å². The molecular formula is C23H32N4OS. The van der Waals surface area contributed by atoms with Gasteiger partial charge in [0.25, 0.3) is 0 Å². The maximum Gasteiger partial charge on any atom is 0.187 e. The zero-order valence-electron chi connectivity index (χ0n) is 17.9. The van der Waals surface area contributed by atoms with E-state index in [2.05, 4.69) is 58.7 Å². The van der Waals surface area contributed by atoms with Gasteiger partial charge in [0.2, 0.25) is 0 Å². The molecule has 6 heteroatoms. The van der Waals surface area contributed by atoms with Crippen molar-refractivity contribution in [2.45, 2.75) is 57.5 Å². The molecule has 29 heavy (non-hydrogen) atoms. The fraction of sp³-hybridized carbons (Fsp3) is 0.565. The normalized spacial score (nSPS) is 19.6. The fourth-order valence-corrected chi connectivity index (χ4v) is 4.95. The molecule has 5 nitrogen and oxygen atoms in total. The maximum atomic E-state index is 6.75. The van der Waals surface area contributed by atoms with Crippen molar-refractivity contribution in [2.75, 3.05) is 31.9 Å². The number of hydrogen-bond donors (Lipinski definition) is 0. The molecule has 1 aromatic heterocycles. The fourth-order valence-electron chi connectivity index (χ4n) is 4.44. The molecule has 0 saturated carbocycles. The van der Waals surface area contributed by atoms with Gasteiger partial charge in [-0.15, -0.1) is 0 Å². The van der Waals surface area contributed by atoms with Crippen molar-refractivity contribution in [1.29, 1.82) is 0 Å². The van der Waals surface area contributed by atoms with Crippen LogP contribution in [0.15, 0.2) is 35.7 Å². The van der Waals surface area contributed by atoms with Crippen molar-refractivity contribution in [3.63, 3.8) is 0 Å². The molecule has 4 rings (SSSR count). The van der Waals surface area contributed by atoms with Crippen LogP contribution >= 0.6 is 11.8 Å². The second-order valence-electron chi connectivity index (χ2n) is 8.28. The Kier molecular flexibility index (Phi) is 6.42. The zero-order chi connectivity index (χ0) is 20.3. The van der Waals surface area contributed by atoms with Gasteiger partial charge in [0, 0.05) is 69.1 Å². The van der Waals surface area contributed by atoms with Crippen molar-refractivity contribution < 1.29 is 4.74 Å². The summed E-state index contributed by atoms with van der Waals surface area (Å²) >= 11 is 1.69. The lowest BCUT2D eigenvalue weighted by Crippen LogP contribution is -2.53. The summed E-state index contributed by atoms with van der Waals surface area (Å²) in [5, 5.41) is 0.861. The van der Waals surface area contributed by atoms with Crippen LogP contribution in [-0.2, 0) is 13.1 Å². The number of aryl methyl sites for hydroxylation is 1. The van der Waals surface area contributed by atoms with E-state index in [1.165, 1.54) is 16.7 Å². The van der Waals surface area contributed by atoms with Gasteiger partial charge in [-0.2, -0.15) is 0 Å². The summed E-state index contributed by atoms with van der Waals surface area (Å²) < 4.78 is 6.75. The highest BCUT2D eigenvalue weighted by Crippen LogP contribution is 2.36. The number of piperidine rings is 1. The summed E-state index contributed by atoms with van der Waals surface area (Å²) in [6.45, 7) is 12.6. The van der Waals surface area contributed by atoms with E-state index in [4.69, 9.17) is 4.74 Å². The number of ether oxygens (including phenoxy) is 1. The summed E-state index contributed by atoms with van der Waals surface area (Å²) in [5.74, 6) is 2.06. The van der Waals surface area contributed by atoms with Gasteiger partial charge in [0.15, 0.2) is 5.16 Å².